The molecule has 0 N–H and O–H groups in total. The number of ketones is 1. The van der Waals surface area contributed by atoms with Gasteiger partial charge in [-0.3, -0.25) is 9.78 Å². The van der Waals surface area contributed by atoms with Gasteiger partial charge in [0.1, 0.15) is 17.8 Å². The van der Waals surface area contributed by atoms with Crippen molar-refractivity contribution in [3.63, 3.8) is 0 Å². The highest BCUT2D eigenvalue weighted by Gasteiger charge is 2.48. The van der Waals surface area contributed by atoms with Gasteiger partial charge in [-0.05, 0) is 27.7 Å². The van der Waals surface area contributed by atoms with Crippen molar-refractivity contribution in [1.82, 2.24) is 9.88 Å². The van der Waals surface area contributed by atoms with Crippen LogP contribution in [0.25, 0.3) is 0 Å². The van der Waals surface area contributed by atoms with Crippen molar-refractivity contribution in [3.05, 3.63) is 18.0 Å². The third-order valence-corrected chi connectivity index (χ3v) is 3.53. The van der Waals surface area contributed by atoms with Gasteiger partial charge in [-0.15, -0.1) is 0 Å². The van der Waals surface area contributed by atoms with Crippen molar-refractivity contribution in [2.24, 2.45) is 0 Å². The topological polar surface area (TPSA) is 78.0 Å². The molecule has 0 spiro atoms. The summed E-state index contributed by atoms with van der Waals surface area (Å²) >= 11 is 0. The van der Waals surface area contributed by atoms with Gasteiger partial charge in [0.25, 0.3) is 0 Å². The monoisotopic (exact) mass is 354 g/mol. The highest BCUT2D eigenvalue weighted by atomic mass is 19.1. The summed E-state index contributed by atoms with van der Waals surface area (Å²) in [6, 6.07) is 0. The number of methoxy groups -OCH3 is 1. The minimum Gasteiger partial charge on any atom is -0.494 e. The Kier molecular flexibility index (Phi) is 5.20. The number of pyridine rings is 1. The molecular formula is C17H23FN2O5. The SMILES string of the molecule is COc1cncc(OCC2(F)CN(C(=O)OC(C)(C)C)C2)c1C(C)=O. The van der Waals surface area contributed by atoms with Gasteiger partial charge in [-0.2, -0.15) is 0 Å². The van der Waals surface area contributed by atoms with Gasteiger partial charge in [-0.1, -0.05) is 0 Å². The maximum absolute atomic E-state index is 14.6. The Morgan fingerprint density at radius 3 is 2.40 bits per heavy atom. The lowest BCUT2D eigenvalue weighted by Crippen LogP contribution is -2.64. The van der Waals surface area contributed by atoms with Gasteiger partial charge < -0.3 is 19.1 Å². The molecular weight excluding hydrogens is 331 g/mol. The second-order valence-corrected chi connectivity index (χ2v) is 7.05. The van der Waals surface area contributed by atoms with Gasteiger partial charge in [0.15, 0.2) is 23.0 Å². The van der Waals surface area contributed by atoms with E-state index >= 15 is 0 Å². The van der Waals surface area contributed by atoms with Gasteiger partial charge in [0, 0.05) is 0 Å². The number of carbonyl (C=O) groups is 2. The Hall–Kier alpha value is -2.38. The molecule has 1 amide bonds. The quantitative estimate of drug-likeness (QED) is 0.757. The van der Waals surface area contributed by atoms with Gasteiger partial charge in [-0.25, -0.2) is 9.18 Å². The van der Waals surface area contributed by atoms with Crippen molar-refractivity contribution in [1.29, 1.82) is 0 Å². The van der Waals surface area contributed by atoms with Crippen LogP contribution in [0, 0.1) is 0 Å². The van der Waals surface area contributed by atoms with Gasteiger partial charge in [0.2, 0.25) is 0 Å². The maximum atomic E-state index is 14.6. The van der Waals surface area contributed by atoms with Crippen molar-refractivity contribution in [3.8, 4) is 11.5 Å². The van der Waals surface area contributed by atoms with E-state index in [1.807, 2.05) is 0 Å². The van der Waals surface area contributed by atoms with E-state index in [0.29, 0.717) is 0 Å². The smallest absolute Gasteiger partial charge is 0.410 e. The lowest BCUT2D eigenvalue weighted by molar-refractivity contribution is -0.0686. The second kappa shape index (κ2) is 6.85. The number of Topliss-reactive ketones (excluding diaryl/α,β-unsaturated/α-hetero) is 1. The largest absolute Gasteiger partial charge is 0.494 e. The van der Waals surface area contributed by atoms with E-state index in [1.165, 1.54) is 31.3 Å². The fraction of sp³-hybridized carbons (Fsp3) is 0.588. The van der Waals surface area contributed by atoms with Gasteiger partial charge in [0.05, 0.1) is 32.6 Å². The number of likely N-dealkylation sites (tertiary alicyclic amines) is 1. The number of aromatic nitrogens is 1. The summed E-state index contributed by atoms with van der Waals surface area (Å²) < 4.78 is 30.4. The third-order valence-electron chi connectivity index (χ3n) is 3.53. The van der Waals surface area contributed by atoms with Crippen LogP contribution in [-0.2, 0) is 4.74 Å². The van der Waals surface area contributed by atoms with Crippen LogP contribution in [0.1, 0.15) is 38.1 Å². The minimum absolute atomic E-state index is 0.130. The Labute approximate surface area is 146 Å². The predicted molar refractivity (Wildman–Crippen MR) is 87.9 cm³/mol. The van der Waals surface area contributed by atoms with Crippen LogP contribution >= 0.6 is 0 Å². The highest BCUT2D eigenvalue weighted by Crippen LogP contribution is 2.31. The second-order valence-electron chi connectivity index (χ2n) is 7.05. The summed E-state index contributed by atoms with van der Waals surface area (Å²) in [5.74, 6) is 0.146. The van der Waals surface area contributed by atoms with Crippen molar-refractivity contribution < 1.29 is 28.2 Å². The third kappa shape index (κ3) is 4.58. The highest BCUT2D eigenvalue weighted by molar-refractivity contribution is 5.99. The molecule has 8 heteroatoms. The average Bonchev–Trinajstić information content (AvgIpc) is 2.47. The fourth-order valence-corrected chi connectivity index (χ4v) is 2.43. The van der Waals surface area contributed by atoms with E-state index in [2.05, 4.69) is 4.98 Å². The number of hydrogen-bond donors (Lipinski definition) is 0. The first-order valence-corrected chi connectivity index (χ1v) is 7.87. The standard InChI is InChI=1S/C17H23FN2O5/c1-11(21)14-12(23-5)6-19-7-13(14)24-10-17(18)8-20(9-17)15(22)25-16(2,3)4/h6-7H,8-10H2,1-5H3. The molecule has 0 aliphatic carbocycles. The molecule has 0 bridgehead atoms. The van der Waals surface area contributed by atoms with Crippen LogP contribution in [0.15, 0.2) is 12.4 Å². The molecule has 1 fully saturated rings. The molecule has 1 aliphatic heterocycles. The summed E-state index contributed by atoms with van der Waals surface area (Å²) in [4.78, 5) is 28.8. The number of alkyl halides is 1. The molecule has 0 saturated carbocycles. The van der Waals surface area contributed by atoms with Crippen LogP contribution in [0.5, 0.6) is 11.5 Å². The van der Waals surface area contributed by atoms with E-state index in [4.69, 9.17) is 14.2 Å². The van der Waals surface area contributed by atoms with Gasteiger partial charge >= 0.3 is 6.09 Å². The van der Waals surface area contributed by atoms with E-state index < -0.39 is 17.4 Å². The Morgan fingerprint density at radius 1 is 1.28 bits per heavy atom. The number of amides is 1. The Balaban J connectivity index is 1.97. The van der Waals surface area contributed by atoms with Crippen molar-refractivity contribution >= 4 is 11.9 Å². The number of rotatable bonds is 5. The Morgan fingerprint density at radius 2 is 1.88 bits per heavy atom. The molecule has 25 heavy (non-hydrogen) atoms. The summed E-state index contributed by atoms with van der Waals surface area (Å²) in [6.45, 7) is 6.04. The molecule has 0 atom stereocenters. The van der Waals surface area contributed by atoms with Crippen LogP contribution in [0.4, 0.5) is 9.18 Å². The minimum atomic E-state index is -1.70. The number of nitrogens with zero attached hydrogens (tertiary/aromatic N) is 2. The van der Waals surface area contributed by atoms with Crippen molar-refractivity contribution in [2.75, 3.05) is 26.8 Å². The predicted octanol–water partition coefficient (Wildman–Crippen LogP) is 2.63. The van der Waals surface area contributed by atoms with Crippen LogP contribution in [-0.4, -0.2) is 59.8 Å². The Bertz CT molecular complexity index is 665. The van der Waals surface area contributed by atoms with Crippen LogP contribution < -0.4 is 9.47 Å². The van der Waals surface area contributed by atoms with E-state index in [0.717, 1.165) is 0 Å². The summed E-state index contributed by atoms with van der Waals surface area (Å²) in [5, 5.41) is 0. The molecule has 0 radical (unpaired) electrons. The molecule has 2 rings (SSSR count). The van der Waals surface area contributed by atoms with Crippen molar-refractivity contribution in [2.45, 2.75) is 39.0 Å². The number of hydrogen-bond acceptors (Lipinski definition) is 6. The average molecular weight is 354 g/mol. The summed E-state index contributed by atoms with van der Waals surface area (Å²) in [6.07, 6.45) is 2.17. The molecule has 1 saturated heterocycles. The number of halogens is 1. The molecule has 1 aliphatic rings. The maximum Gasteiger partial charge on any atom is 0.410 e. The number of carbonyl (C=O) groups excluding carboxylic acids is 2. The molecule has 7 nitrogen and oxygen atoms in total. The number of ether oxygens (including phenoxy) is 3. The molecule has 0 aromatic carbocycles. The molecule has 0 unspecified atom stereocenters. The zero-order valence-electron chi connectivity index (χ0n) is 15.1. The summed E-state index contributed by atoms with van der Waals surface area (Å²) in [7, 11) is 1.41. The zero-order valence-corrected chi connectivity index (χ0v) is 15.1. The van der Waals surface area contributed by atoms with Crippen LogP contribution in [0.2, 0.25) is 0 Å². The lowest BCUT2D eigenvalue weighted by Gasteiger charge is -2.43. The molecule has 138 valence electrons. The molecule has 1 aromatic rings. The molecule has 1 aromatic heterocycles. The lowest BCUT2D eigenvalue weighted by atomic mass is 9.98. The van der Waals surface area contributed by atoms with Crippen LogP contribution in [0.3, 0.4) is 0 Å². The normalized spacial score (nSPS) is 16.0. The zero-order chi connectivity index (χ0) is 18.8. The first kappa shape index (κ1) is 19.0. The van der Waals surface area contributed by atoms with E-state index in [9.17, 15) is 14.0 Å². The van der Waals surface area contributed by atoms with E-state index in [-0.39, 0.29) is 42.5 Å². The fourth-order valence-electron chi connectivity index (χ4n) is 2.43. The first-order valence-electron chi connectivity index (χ1n) is 7.87. The molecule has 2 heterocycles. The summed E-state index contributed by atoms with van der Waals surface area (Å²) in [5.41, 5.74) is -2.12. The first-order chi connectivity index (χ1) is 11.5. The van der Waals surface area contributed by atoms with E-state index in [1.54, 1.807) is 20.8 Å².